The molecule has 23 heavy (non-hydrogen) atoms. The van der Waals surface area contributed by atoms with Crippen LogP contribution in [-0.2, 0) is 0 Å². The van der Waals surface area contributed by atoms with Gasteiger partial charge in [-0.3, -0.25) is 4.79 Å². The zero-order valence-corrected chi connectivity index (χ0v) is 14.0. The van der Waals surface area contributed by atoms with Crippen molar-refractivity contribution in [3.8, 4) is 17.2 Å². The number of ketones is 1. The largest absolute Gasteiger partial charge is 0.497 e. The van der Waals surface area contributed by atoms with Crippen molar-refractivity contribution in [2.75, 3.05) is 21.3 Å². The molecule has 122 valence electrons. The number of carbonyl (C=O) groups is 1. The number of hydrogen-bond donors (Lipinski definition) is 0. The first kappa shape index (κ1) is 16.9. The molecule has 0 amide bonds. The highest BCUT2D eigenvalue weighted by atomic mass is 16.5. The quantitative estimate of drug-likeness (QED) is 0.722. The molecular weight excluding hydrogens is 292 g/mol. The summed E-state index contributed by atoms with van der Waals surface area (Å²) in [6.07, 6.45) is 0.675. The molecule has 0 aliphatic heterocycles. The molecule has 2 aromatic rings. The Morgan fingerprint density at radius 3 is 2.04 bits per heavy atom. The fraction of sp³-hybridized carbons (Fsp3) is 0.316. The van der Waals surface area contributed by atoms with Gasteiger partial charge in [-0.15, -0.1) is 0 Å². The summed E-state index contributed by atoms with van der Waals surface area (Å²) >= 11 is 0. The van der Waals surface area contributed by atoms with Crippen LogP contribution in [-0.4, -0.2) is 27.1 Å². The van der Waals surface area contributed by atoms with Gasteiger partial charge in [-0.1, -0.05) is 6.92 Å². The molecule has 0 fully saturated rings. The van der Waals surface area contributed by atoms with Gasteiger partial charge in [-0.2, -0.15) is 0 Å². The summed E-state index contributed by atoms with van der Waals surface area (Å²) in [5, 5.41) is 0. The Balaban J connectivity index is 2.39. The number of benzene rings is 2. The molecular formula is C19H22O4. The van der Waals surface area contributed by atoms with Crippen LogP contribution in [0.2, 0.25) is 0 Å². The Labute approximate surface area is 137 Å². The molecule has 4 heteroatoms. The average molecular weight is 314 g/mol. The molecule has 2 aromatic carbocycles. The van der Waals surface area contributed by atoms with Crippen LogP contribution in [0.1, 0.15) is 35.2 Å². The lowest BCUT2D eigenvalue weighted by molar-refractivity contribution is 0.0956. The van der Waals surface area contributed by atoms with Crippen molar-refractivity contribution < 1.29 is 19.0 Å². The Bertz CT molecular complexity index is 662. The molecule has 0 heterocycles. The molecule has 0 bridgehead atoms. The smallest absolute Gasteiger partial charge is 0.170 e. The third kappa shape index (κ3) is 3.65. The van der Waals surface area contributed by atoms with Crippen molar-refractivity contribution in [3.05, 3.63) is 53.6 Å². The van der Waals surface area contributed by atoms with Gasteiger partial charge in [0.1, 0.15) is 17.2 Å². The van der Waals surface area contributed by atoms with Crippen LogP contribution < -0.4 is 14.2 Å². The number of methoxy groups -OCH3 is 3. The molecule has 1 unspecified atom stereocenters. The molecule has 0 aliphatic rings. The van der Waals surface area contributed by atoms with Crippen molar-refractivity contribution in [3.63, 3.8) is 0 Å². The maximum Gasteiger partial charge on any atom is 0.170 e. The number of hydrogen-bond acceptors (Lipinski definition) is 4. The van der Waals surface area contributed by atoms with Crippen LogP contribution >= 0.6 is 0 Å². The van der Waals surface area contributed by atoms with Crippen LogP contribution in [0.3, 0.4) is 0 Å². The van der Waals surface area contributed by atoms with E-state index >= 15 is 0 Å². The molecule has 0 aliphatic carbocycles. The SMILES string of the molecule is CCC(C(=O)c1ccc(OC)cc1)c1cc(OC)ccc1OC. The van der Waals surface area contributed by atoms with Gasteiger partial charge in [0.05, 0.1) is 27.2 Å². The van der Waals surface area contributed by atoms with E-state index in [0.29, 0.717) is 23.5 Å². The summed E-state index contributed by atoms with van der Waals surface area (Å²) in [7, 11) is 4.82. The molecule has 0 N–H and O–H groups in total. The third-order valence-corrected chi connectivity index (χ3v) is 3.91. The van der Waals surface area contributed by atoms with E-state index in [1.165, 1.54) is 0 Å². The van der Waals surface area contributed by atoms with E-state index in [1.807, 2.05) is 25.1 Å². The van der Waals surface area contributed by atoms with E-state index in [2.05, 4.69) is 0 Å². The average Bonchev–Trinajstić information content (AvgIpc) is 2.62. The lowest BCUT2D eigenvalue weighted by Gasteiger charge is -2.18. The predicted molar refractivity (Wildman–Crippen MR) is 89.9 cm³/mol. The number of rotatable bonds is 7. The van der Waals surface area contributed by atoms with Crippen LogP contribution in [0.5, 0.6) is 17.2 Å². The summed E-state index contributed by atoms with van der Waals surface area (Å²) in [5.41, 5.74) is 1.50. The van der Waals surface area contributed by atoms with Gasteiger partial charge in [0.15, 0.2) is 5.78 Å². The van der Waals surface area contributed by atoms with Crippen molar-refractivity contribution in [2.45, 2.75) is 19.3 Å². The molecule has 0 spiro atoms. The first-order valence-corrected chi connectivity index (χ1v) is 7.54. The van der Waals surface area contributed by atoms with Gasteiger partial charge in [-0.05, 0) is 48.9 Å². The van der Waals surface area contributed by atoms with Crippen molar-refractivity contribution in [2.24, 2.45) is 0 Å². The Hall–Kier alpha value is -2.49. The topological polar surface area (TPSA) is 44.8 Å². The summed E-state index contributed by atoms with van der Waals surface area (Å²) in [6, 6.07) is 12.7. The van der Waals surface area contributed by atoms with Gasteiger partial charge in [-0.25, -0.2) is 0 Å². The Morgan fingerprint density at radius 2 is 1.52 bits per heavy atom. The minimum Gasteiger partial charge on any atom is -0.497 e. The summed E-state index contributed by atoms with van der Waals surface area (Å²) in [4.78, 5) is 12.9. The van der Waals surface area contributed by atoms with E-state index < -0.39 is 0 Å². The molecule has 0 aromatic heterocycles. The maximum atomic E-state index is 12.9. The van der Waals surface area contributed by atoms with E-state index in [-0.39, 0.29) is 11.7 Å². The second-order valence-electron chi connectivity index (χ2n) is 5.16. The fourth-order valence-corrected chi connectivity index (χ4v) is 2.61. The normalized spacial score (nSPS) is 11.7. The number of Topliss-reactive ketones (excluding diaryl/α,β-unsaturated/α-hetero) is 1. The summed E-state index contributed by atoms with van der Waals surface area (Å²) in [6.45, 7) is 1.99. The second-order valence-corrected chi connectivity index (χ2v) is 5.16. The fourth-order valence-electron chi connectivity index (χ4n) is 2.61. The minimum absolute atomic E-state index is 0.0571. The first-order chi connectivity index (χ1) is 11.1. The van der Waals surface area contributed by atoms with E-state index in [4.69, 9.17) is 14.2 Å². The number of carbonyl (C=O) groups excluding carboxylic acids is 1. The van der Waals surface area contributed by atoms with E-state index in [0.717, 1.165) is 11.3 Å². The van der Waals surface area contributed by atoms with Gasteiger partial charge in [0.25, 0.3) is 0 Å². The Morgan fingerprint density at radius 1 is 0.913 bits per heavy atom. The molecule has 0 saturated carbocycles. The van der Waals surface area contributed by atoms with Gasteiger partial charge >= 0.3 is 0 Å². The highest BCUT2D eigenvalue weighted by molar-refractivity contribution is 6.01. The number of ether oxygens (including phenoxy) is 3. The minimum atomic E-state index is -0.284. The molecule has 0 saturated heterocycles. The maximum absolute atomic E-state index is 12.9. The zero-order valence-electron chi connectivity index (χ0n) is 14.0. The lowest BCUT2D eigenvalue weighted by atomic mass is 9.88. The predicted octanol–water partition coefficient (Wildman–Crippen LogP) is 4.09. The van der Waals surface area contributed by atoms with Crippen LogP contribution in [0.4, 0.5) is 0 Å². The summed E-state index contributed by atoms with van der Waals surface area (Å²) < 4.78 is 15.8. The first-order valence-electron chi connectivity index (χ1n) is 7.54. The molecule has 0 radical (unpaired) electrons. The van der Waals surface area contributed by atoms with Crippen LogP contribution in [0.15, 0.2) is 42.5 Å². The standard InChI is InChI=1S/C19H22O4/c1-5-16(17-12-15(22-3)10-11-18(17)23-4)19(20)13-6-8-14(21-2)9-7-13/h6-12,16H,5H2,1-4H3. The lowest BCUT2D eigenvalue weighted by Crippen LogP contribution is -2.13. The highest BCUT2D eigenvalue weighted by Gasteiger charge is 2.24. The Kier molecular flexibility index (Phi) is 5.63. The highest BCUT2D eigenvalue weighted by Crippen LogP contribution is 2.34. The van der Waals surface area contributed by atoms with Crippen molar-refractivity contribution >= 4 is 5.78 Å². The van der Waals surface area contributed by atoms with Crippen LogP contribution in [0.25, 0.3) is 0 Å². The van der Waals surface area contributed by atoms with Crippen molar-refractivity contribution in [1.29, 1.82) is 0 Å². The van der Waals surface area contributed by atoms with E-state index in [9.17, 15) is 4.79 Å². The van der Waals surface area contributed by atoms with Gasteiger partial charge in [0, 0.05) is 11.1 Å². The van der Waals surface area contributed by atoms with E-state index in [1.54, 1.807) is 45.6 Å². The van der Waals surface area contributed by atoms with Crippen LogP contribution in [0, 0.1) is 0 Å². The zero-order chi connectivity index (χ0) is 16.8. The molecule has 4 nitrogen and oxygen atoms in total. The third-order valence-electron chi connectivity index (χ3n) is 3.91. The van der Waals surface area contributed by atoms with Gasteiger partial charge < -0.3 is 14.2 Å². The monoisotopic (exact) mass is 314 g/mol. The second kappa shape index (κ2) is 7.68. The molecule has 2 rings (SSSR count). The van der Waals surface area contributed by atoms with Gasteiger partial charge in [0.2, 0.25) is 0 Å². The van der Waals surface area contributed by atoms with Crippen molar-refractivity contribution in [1.82, 2.24) is 0 Å². The molecule has 1 atom stereocenters. The summed E-state index contributed by atoms with van der Waals surface area (Å²) in [5.74, 6) is 1.91.